The number of hydrogen-bond donors (Lipinski definition) is 0. The number of para-hydroxylation sites is 2. The lowest BCUT2D eigenvalue weighted by Gasteiger charge is -2.32. The number of halogens is 3. The first-order valence-corrected chi connectivity index (χ1v) is 11.3. The molecule has 0 atom stereocenters. The van der Waals surface area contributed by atoms with E-state index in [-0.39, 0.29) is 25.0 Å². The van der Waals surface area contributed by atoms with Crippen LogP contribution in [0.25, 0.3) is 11.0 Å². The van der Waals surface area contributed by atoms with Crippen LogP contribution in [-0.4, -0.2) is 40.1 Å². The molecule has 1 aliphatic rings. The Balaban J connectivity index is 1.33. The number of ether oxygens (including phenoxy) is 1. The minimum Gasteiger partial charge on any atom is -0.484 e. The molecule has 1 aromatic heterocycles. The van der Waals surface area contributed by atoms with E-state index in [2.05, 4.69) is 18.8 Å². The highest BCUT2D eigenvalue weighted by Crippen LogP contribution is 2.33. The van der Waals surface area contributed by atoms with Crippen molar-refractivity contribution in [1.82, 2.24) is 14.5 Å². The number of fused-ring (bicyclic) bond motifs is 1. The maximum absolute atomic E-state index is 13.5. The van der Waals surface area contributed by atoms with Crippen molar-refractivity contribution in [3.63, 3.8) is 0 Å². The van der Waals surface area contributed by atoms with Crippen LogP contribution in [-0.2, 0) is 17.5 Å². The fourth-order valence-electron chi connectivity index (χ4n) is 4.29. The van der Waals surface area contributed by atoms with Gasteiger partial charge in [-0.15, -0.1) is 0 Å². The highest BCUT2D eigenvalue weighted by molar-refractivity contribution is 5.78. The van der Waals surface area contributed by atoms with Crippen LogP contribution in [0.1, 0.15) is 44.0 Å². The summed E-state index contributed by atoms with van der Waals surface area (Å²) in [6.45, 7) is 5.43. The van der Waals surface area contributed by atoms with Gasteiger partial charge in [-0.25, -0.2) is 4.98 Å². The van der Waals surface area contributed by atoms with E-state index < -0.39 is 12.0 Å². The number of aromatic nitrogens is 2. The van der Waals surface area contributed by atoms with E-state index in [0.717, 1.165) is 0 Å². The summed E-state index contributed by atoms with van der Waals surface area (Å²) in [5, 5.41) is 0. The van der Waals surface area contributed by atoms with Gasteiger partial charge in [-0.2, -0.15) is 13.2 Å². The van der Waals surface area contributed by atoms with Gasteiger partial charge in [0.05, 0.1) is 11.0 Å². The van der Waals surface area contributed by atoms with Crippen LogP contribution >= 0.6 is 0 Å². The molecule has 0 saturated carbocycles. The largest absolute Gasteiger partial charge is 0.484 e. The van der Waals surface area contributed by atoms with Gasteiger partial charge < -0.3 is 14.2 Å². The van der Waals surface area contributed by atoms with Crippen LogP contribution in [0.5, 0.6) is 5.75 Å². The molecule has 1 amide bonds. The number of carbonyl (C=O) groups excluding carboxylic acids is 1. The number of benzene rings is 2. The monoisotopic (exact) mass is 459 g/mol. The van der Waals surface area contributed by atoms with Gasteiger partial charge in [0.25, 0.3) is 5.91 Å². The molecule has 5 nitrogen and oxygen atoms in total. The summed E-state index contributed by atoms with van der Waals surface area (Å²) in [4.78, 5) is 18.1. The second kappa shape index (κ2) is 9.45. The van der Waals surface area contributed by atoms with Crippen molar-refractivity contribution in [2.24, 2.45) is 5.92 Å². The van der Waals surface area contributed by atoms with Crippen molar-refractivity contribution < 1.29 is 22.7 Å². The number of hydrogen-bond acceptors (Lipinski definition) is 3. The van der Waals surface area contributed by atoms with Crippen molar-refractivity contribution >= 4 is 16.9 Å². The van der Waals surface area contributed by atoms with Crippen molar-refractivity contribution in [3.8, 4) is 5.75 Å². The number of likely N-dealkylation sites (tertiary alicyclic amines) is 1. The molecule has 0 radical (unpaired) electrons. The molecule has 4 rings (SSSR count). The smallest absolute Gasteiger partial charge is 0.449 e. The number of imidazole rings is 1. The number of carbonyl (C=O) groups is 1. The van der Waals surface area contributed by atoms with E-state index >= 15 is 0 Å². The van der Waals surface area contributed by atoms with Gasteiger partial charge in [0.2, 0.25) is 5.82 Å². The lowest BCUT2D eigenvalue weighted by molar-refractivity contribution is -0.147. The summed E-state index contributed by atoms with van der Waals surface area (Å²) in [6.07, 6.45) is -3.24. The van der Waals surface area contributed by atoms with E-state index in [1.807, 2.05) is 24.3 Å². The maximum atomic E-state index is 13.5. The topological polar surface area (TPSA) is 47.4 Å². The average Bonchev–Trinajstić information content (AvgIpc) is 3.17. The van der Waals surface area contributed by atoms with Crippen molar-refractivity contribution in [3.05, 3.63) is 59.9 Å². The second-order valence-corrected chi connectivity index (χ2v) is 8.87. The lowest BCUT2D eigenvalue weighted by Crippen LogP contribution is -2.41. The summed E-state index contributed by atoms with van der Waals surface area (Å²) in [7, 11) is 0. The van der Waals surface area contributed by atoms with E-state index in [1.54, 1.807) is 29.2 Å². The molecular formula is C25H28F3N3O2. The number of rotatable bonds is 6. The molecule has 0 aliphatic carbocycles. The Morgan fingerprint density at radius 2 is 1.76 bits per heavy atom. The van der Waals surface area contributed by atoms with Gasteiger partial charge in [0, 0.05) is 19.6 Å². The minimum atomic E-state index is -4.51. The fraction of sp³-hybridized carbons (Fsp3) is 0.440. The predicted octanol–water partition coefficient (Wildman–Crippen LogP) is 5.50. The van der Waals surface area contributed by atoms with Crippen LogP contribution in [0, 0.1) is 5.92 Å². The van der Waals surface area contributed by atoms with Crippen LogP contribution < -0.4 is 4.74 Å². The van der Waals surface area contributed by atoms with Gasteiger partial charge in [0.15, 0.2) is 6.61 Å². The summed E-state index contributed by atoms with van der Waals surface area (Å²) >= 11 is 0. The number of amides is 1. The molecule has 0 spiro atoms. The Kier molecular flexibility index (Phi) is 6.63. The number of alkyl halides is 3. The summed E-state index contributed by atoms with van der Waals surface area (Å²) < 4.78 is 47.6. The Bertz CT molecular complexity index is 1100. The molecule has 2 heterocycles. The Morgan fingerprint density at radius 1 is 1.09 bits per heavy atom. The fourth-order valence-corrected chi connectivity index (χ4v) is 4.29. The van der Waals surface area contributed by atoms with E-state index in [1.165, 1.54) is 10.1 Å². The summed E-state index contributed by atoms with van der Waals surface area (Å²) in [5.74, 6) is 0.144. The highest BCUT2D eigenvalue weighted by atomic mass is 19.4. The molecular weight excluding hydrogens is 431 g/mol. The van der Waals surface area contributed by atoms with Crippen LogP contribution in [0.2, 0.25) is 0 Å². The third kappa shape index (κ3) is 5.31. The normalized spacial score (nSPS) is 15.4. The lowest BCUT2D eigenvalue weighted by atomic mass is 9.96. The van der Waals surface area contributed by atoms with Gasteiger partial charge >= 0.3 is 6.18 Å². The zero-order valence-electron chi connectivity index (χ0n) is 18.8. The zero-order chi connectivity index (χ0) is 23.6. The van der Waals surface area contributed by atoms with Crippen molar-refractivity contribution in [1.29, 1.82) is 0 Å². The first-order valence-electron chi connectivity index (χ1n) is 11.3. The Labute approximate surface area is 191 Å². The molecule has 8 heteroatoms. The Morgan fingerprint density at radius 3 is 2.39 bits per heavy atom. The Hall–Kier alpha value is -3.03. The van der Waals surface area contributed by atoms with Crippen LogP contribution in [0.3, 0.4) is 0 Å². The molecule has 0 unspecified atom stereocenters. The van der Waals surface area contributed by atoms with E-state index in [4.69, 9.17) is 4.74 Å². The van der Waals surface area contributed by atoms with Crippen LogP contribution in [0.4, 0.5) is 13.2 Å². The van der Waals surface area contributed by atoms with Gasteiger partial charge in [-0.1, -0.05) is 38.1 Å². The minimum absolute atomic E-state index is 0.0391. The number of nitrogens with zero attached hydrogens (tertiary/aromatic N) is 3. The van der Waals surface area contributed by atoms with Crippen molar-refractivity contribution in [2.45, 2.75) is 45.3 Å². The summed E-state index contributed by atoms with van der Waals surface area (Å²) in [5.41, 5.74) is 2.03. The molecule has 1 aliphatic heterocycles. The molecule has 2 aromatic carbocycles. The molecule has 33 heavy (non-hydrogen) atoms. The third-order valence-electron chi connectivity index (χ3n) is 6.23. The maximum Gasteiger partial charge on any atom is 0.449 e. The number of piperidine rings is 1. The highest BCUT2D eigenvalue weighted by Gasteiger charge is 2.38. The second-order valence-electron chi connectivity index (χ2n) is 8.87. The van der Waals surface area contributed by atoms with Gasteiger partial charge in [0.1, 0.15) is 5.75 Å². The van der Waals surface area contributed by atoms with E-state index in [9.17, 15) is 18.0 Å². The quantitative estimate of drug-likeness (QED) is 0.489. The molecule has 3 aromatic rings. The molecule has 176 valence electrons. The predicted molar refractivity (Wildman–Crippen MR) is 120 cm³/mol. The molecule has 1 fully saturated rings. The molecule has 0 bridgehead atoms. The van der Waals surface area contributed by atoms with Gasteiger partial charge in [-0.05, 0) is 54.5 Å². The van der Waals surface area contributed by atoms with Gasteiger partial charge in [-0.3, -0.25) is 4.79 Å². The average molecular weight is 460 g/mol. The first-order chi connectivity index (χ1) is 15.7. The summed E-state index contributed by atoms with van der Waals surface area (Å²) in [6, 6.07) is 14.4. The van der Waals surface area contributed by atoms with Crippen molar-refractivity contribution in [2.75, 3.05) is 19.7 Å². The SMILES string of the molecule is CC(C)c1ccc(OCC(=O)N2CCC(Cn3c(C(F)(F)F)nc4ccccc43)CC2)cc1. The molecule has 1 saturated heterocycles. The first kappa shape index (κ1) is 23.1. The standard InChI is InChI=1S/C25H28F3N3O2/c1-17(2)19-7-9-20(10-8-19)33-16-23(32)30-13-11-18(12-14-30)15-31-22-6-4-3-5-21(22)29-24(31)25(26,27)28/h3-10,17-18H,11-16H2,1-2H3. The molecule has 0 N–H and O–H groups in total. The van der Waals surface area contributed by atoms with E-state index in [0.29, 0.717) is 48.6 Å². The van der Waals surface area contributed by atoms with Crippen LogP contribution in [0.15, 0.2) is 48.5 Å². The third-order valence-corrected chi connectivity index (χ3v) is 6.23. The zero-order valence-corrected chi connectivity index (χ0v) is 18.8.